The second kappa shape index (κ2) is 5.84. The molecule has 0 radical (unpaired) electrons. The fourth-order valence-corrected chi connectivity index (χ4v) is 2.58. The van der Waals surface area contributed by atoms with Gasteiger partial charge >= 0.3 is 0 Å². The maximum absolute atomic E-state index is 13.6. The van der Waals surface area contributed by atoms with Crippen molar-refractivity contribution in [3.05, 3.63) is 46.4 Å². The Labute approximate surface area is 119 Å². The quantitative estimate of drug-likeness (QED) is 0.784. The number of halogens is 3. The Hall–Kier alpha value is -1.20. The summed E-state index contributed by atoms with van der Waals surface area (Å²) in [6, 6.07) is 3.45. The Morgan fingerprint density at radius 1 is 1.26 bits per heavy atom. The van der Waals surface area contributed by atoms with Gasteiger partial charge in [0.15, 0.2) is 0 Å². The fraction of sp³-hybridized carbons (Fsp3) is 0.231. The smallest absolute Gasteiger partial charge is 0.140 e. The zero-order valence-corrected chi connectivity index (χ0v) is 11.9. The first-order chi connectivity index (χ1) is 9.01. The van der Waals surface area contributed by atoms with Crippen LogP contribution in [0.2, 0.25) is 5.15 Å². The summed E-state index contributed by atoms with van der Waals surface area (Å²) in [5, 5.41) is 0.944. The molecule has 0 unspecified atom stereocenters. The molecule has 2 rings (SSSR count). The van der Waals surface area contributed by atoms with Gasteiger partial charge < -0.3 is 0 Å². The standard InChI is InChI=1S/C13H11ClF2N2S/c1-3-11-17-12(14)7(2)13(18-11)19-10-5-4-8(15)6-9(10)16/h4-6H,3H2,1-2H3. The second-order valence-electron chi connectivity index (χ2n) is 3.89. The summed E-state index contributed by atoms with van der Waals surface area (Å²) < 4.78 is 26.5. The maximum atomic E-state index is 13.6. The summed E-state index contributed by atoms with van der Waals surface area (Å²) >= 11 is 7.13. The minimum atomic E-state index is -0.614. The first-order valence-electron chi connectivity index (χ1n) is 5.67. The maximum Gasteiger partial charge on any atom is 0.140 e. The van der Waals surface area contributed by atoms with Crippen LogP contribution < -0.4 is 0 Å². The predicted molar refractivity (Wildman–Crippen MR) is 71.6 cm³/mol. The summed E-state index contributed by atoms with van der Waals surface area (Å²) in [7, 11) is 0. The molecule has 0 fully saturated rings. The number of hydrogen-bond acceptors (Lipinski definition) is 3. The SMILES string of the molecule is CCc1nc(Cl)c(C)c(Sc2ccc(F)cc2F)n1. The molecule has 0 amide bonds. The third-order valence-electron chi connectivity index (χ3n) is 2.50. The Kier molecular flexibility index (Phi) is 4.37. The molecule has 0 aliphatic carbocycles. The number of rotatable bonds is 3. The van der Waals surface area contributed by atoms with Crippen LogP contribution in [0, 0.1) is 18.6 Å². The van der Waals surface area contributed by atoms with E-state index >= 15 is 0 Å². The van der Waals surface area contributed by atoms with Gasteiger partial charge in [-0.2, -0.15) is 0 Å². The third-order valence-corrected chi connectivity index (χ3v) is 4.01. The van der Waals surface area contributed by atoms with Crippen LogP contribution in [0.15, 0.2) is 28.1 Å². The molecule has 0 saturated heterocycles. The van der Waals surface area contributed by atoms with Crippen LogP contribution >= 0.6 is 23.4 Å². The minimum Gasteiger partial charge on any atom is -0.226 e. The van der Waals surface area contributed by atoms with Crippen molar-refractivity contribution >= 4 is 23.4 Å². The first kappa shape index (κ1) is 14.2. The zero-order chi connectivity index (χ0) is 14.0. The van der Waals surface area contributed by atoms with E-state index in [2.05, 4.69) is 9.97 Å². The lowest BCUT2D eigenvalue weighted by molar-refractivity contribution is 0.565. The van der Waals surface area contributed by atoms with Gasteiger partial charge in [-0.1, -0.05) is 30.3 Å². The van der Waals surface area contributed by atoms with E-state index in [1.807, 2.05) is 6.92 Å². The monoisotopic (exact) mass is 300 g/mol. The number of aryl methyl sites for hydroxylation is 1. The Balaban J connectivity index is 2.40. The van der Waals surface area contributed by atoms with E-state index in [9.17, 15) is 8.78 Å². The van der Waals surface area contributed by atoms with Crippen LogP contribution in [0.3, 0.4) is 0 Å². The number of benzene rings is 1. The average Bonchev–Trinajstić information content (AvgIpc) is 2.37. The molecular formula is C13H11ClF2N2S. The van der Waals surface area contributed by atoms with E-state index in [1.54, 1.807) is 6.92 Å². The second-order valence-corrected chi connectivity index (χ2v) is 5.28. The van der Waals surface area contributed by atoms with Gasteiger partial charge in [0.1, 0.15) is 27.6 Å². The van der Waals surface area contributed by atoms with Crippen molar-refractivity contribution in [3.63, 3.8) is 0 Å². The number of aromatic nitrogens is 2. The molecule has 6 heteroatoms. The molecule has 1 aromatic heterocycles. The van der Waals surface area contributed by atoms with Crippen LogP contribution in [0.25, 0.3) is 0 Å². The summed E-state index contributed by atoms with van der Waals surface area (Å²) in [5.41, 5.74) is 0.688. The molecule has 100 valence electrons. The van der Waals surface area contributed by atoms with Gasteiger partial charge in [-0.25, -0.2) is 18.7 Å². The van der Waals surface area contributed by atoms with Crippen molar-refractivity contribution in [1.82, 2.24) is 9.97 Å². The number of nitrogens with zero attached hydrogens (tertiary/aromatic N) is 2. The van der Waals surface area contributed by atoms with Gasteiger partial charge in [0.2, 0.25) is 0 Å². The van der Waals surface area contributed by atoms with E-state index in [4.69, 9.17) is 11.6 Å². The zero-order valence-electron chi connectivity index (χ0n) is 10.4. The Morgan fingerprint density at radius 2 is 2.00 bits per heavy atom. The van der Waals surface area contributed by atoms with E-state index in [0.717, 1.165) is 17.8 Å². The molecule has 2 nitrogen and oxygen atoms in total. The molecule has 0 N–H and O–H groups in total. The van der Waals surface area contributed by atoms with Crippen LogP contribution in [0.5, 0.6) is 0 Å². The highest BCUT2D eigenvalue weighted by Gasteiger charge is 2.13. The van der Waals surface area contributed by atoms with Gasteiger partial charge in [-0.15, -0.1) is 0 Å². The highest BCUT2D eigenvalue weighted by Crippen LogP contribution is 2.33. The summed E-state index contributed by atoms with van der Waals surface area (Å²) in [6.45, 7) is 3.68. The molecule has 0 saturated carbocycles. The lowest BCUT2D eigenvalue weighted by atomic mass is 10.3. The minimum absolute atomic E-state index is 0.307. The topological polar surface area (TPSA) is 25.8 Å². The predicted octanol–water partition coefficient (Wildman–Crippen LogP) is 4.43. The molecule has 19 heavy (non-hydrogen) atoms. The molecule has 0 spiro atoms. The molecule has 0 bridgehead atoms. The molecule has 0 atom stereocenters. The normalized spacial score (nSPS) is 10.8. The highest BCUT2D eigenvalue weighted by molar-refractivity contribution is 7.99. The third kappa shape index (κ3) is 3.22. The molecular weight excluding hydrogens is 290 g/mol. The van der Waals surface area contributed by atoms with Crippen molar-refractivity contribution in [2.45, 2.75) is 30.2 Å². The fourth-order valence-electron chi connectivity index (χ4n) is 1.43. The lowest BCUT2D eigenvalue weighted by Crippen LogP contribution is -1.98. The molecule has 2 aromatic rings. The van der Waals surface area contributed by atoms with Crippen LogP contribution in [0.4, 0.5) is 8.78 Å². The van der Waals surface area contributed by atoms with Gasteiger partial charge in [0.05, 0.1) is 0 Å². The van der Waals surface area contributed by atoms with E-state index in [0.29, 0.717) is 32.9 Å². The highest BCUT2D eigenvalue weighted by atomic mass is 35.5. The van der Waals surface area contributed by atoms with Crippen LogP contribution in [-0.4, -0.2) is 9.97 Å². The van der Waals surface area contributed by atoms with Gasteiger partial charge in [0, 0.05) is 22.9 Å². The van der Waals surface area contributed by atoms with Gasteiger partial charge in [0.25, 0.3) is 0 Å². The number of hydrogen-bond donors (Lipinski definition) is 0. The molecule has 0 aliphatic heterocycles. The van der Waals surface area contributed by atoms with Crippen LogP contribution in [-0.2, 0) is 6.42 Å². The summed E-state index contributed by atoms with van der Waals surface area (Å²) in [5.74, 6) is -0.619. The molecule has 1 aromatic carbocycles. The van der Waals surface area contributed by atoms with E-state index in [1.165, 1.54) is 12.1 Å². The largest absolute Gasteiger partial charge is 0.226 e. The lowest BCUT2D eigenvalue weighted by Gasteiger charge is -2.08. The van der Waals surface area contributed by atoms with Crippen molar-refractivity contribution in [3.8, 4) is 0 Å². The van der Waals surface area contributed by atoms with Gasteiger partial charge in [-0.3, -0.25) is 0 Å². The molecule has 0 aliphatic rings. The Bertz CT molecular complexity index is 620. The van der Waals surface area contributed by atoms with Crippen molar-refractivity contribution < 1.29 is 8.78 Å². The van der Waals surface area contributed by atoms with E-state index < -0.39 is 11.6 Å². The molecule has 1 heterocycles. The first-order valence-corrected chi connectivity index (χ1v) is 6.86. The van der Waals surface area contributed by atoms with Crippen molar-refractivity contribution in [1.29, 1.82) is 0 Å². The van der Waals surface area contributed by atoms with Gasteiger partial charge in [-0.05, 0) is 19.1 Å². The average molecular weight is 301 g/mol. The van der Waals surface area contributed by atoms with Crippen LogP contribution in [0.1, 0.15) is 18.3 Å². The summed E-state index contributed by atoms with van der Waals surface area (Å²) in [4.78, 5) is 8.74. The summed E-state index contributed by atoms with van der Waals surface area (Å²) in [6.07, 6.45) is 0.638. The van der Waals surface area contributed by atoms with E-state index in [-0.39, 0.29) is 0 Å². The Morgan fingerprint density at radius 3 is 2.63 bits per heavy atom. The van der Waals surface area contributed by atoms with Crippen molar-refractivity contribution in [2.24, 2.45) is 0 Å². The van der Waals surface area contributed by atoms with Crippen molar-refractivity contribution in [2.75, 3.05) is 0 Å².